The van der Waals surface area contributed by atoms with Crippen LogP contribution in [0.4, 0.5) is 5.69 Å². The van der Waals surface area contributed by atoms with Crippen molar-refractivity contribution in [3.05, 3.63) is 75.8 Å². The minimum absolute atomic E-state index is 0.0349. The molecule has 3 rings (SSSR count). The summed E-state index contributed by atoms with van der Waals surface area (Å²) < 4.78 is 0. The average Bonchev–Trinajstić information content (AvgIpc) is 2.72. The van der Waals surface area contributed by atoms with Gasteiger partial charge in [0.15, 0.2) is 0 Å². The molecule has 0 radical (unpaired) electrons. The zero-order valence-corrected chi connectivity index (χ0v) is 15.2. The number of hydrogen-bond donors (Lipinski definition) is 3. The van der Waals surface area contributed by atoms with Crippen molar-refractivity contribution < 1.29 is 14.5 Å². The van der Waals surface area contributed by atoms with Crippen LogP contribution in [-0.4, -0.2) is 34.8 Å². The first kappa shape index (κ1) is 19.7. The number of amidine groups is 1. The van der Waals surface area contributed by atoms with E-state index in [2.05, 4.69) is 26.4 Å². The lowest BCUT2D eigenvalue weighted by atomic mass is 10.1. The topological polar surface area (TPSA) is 138 Å². The zero-order chi connectivity index (χ0) is 20.6. The number of nitrogens with zero attached hydrogens (tertiary/aromatic N) is 3. The second-order valence-electron chi connectivity index (χ2n) is 6.21. The van der Waals surface area contributed by atoms with Crippen LogP contribution in [0.3, 0.4) is 0 Å². The lowest BCUT2D eigenvalue weighted by molar-refractivity contribution is -0.384. The van der Waals surface area contributed by atoms with Gasteiger partial charge in [-0.3, -0.25) is 35.5 Å². The molecule has 1 aliphatic rings. The first-order valence-corrected chi connectivity index (χ1v) is 8.74. The second kappa shape index (κ2) is 9.22. The average molecular weight is 394 g/mol. The van der Waals surface area contributed by atoms with Gasteiger partial charge in [0.1, 0.15) is 11.9 Å². The summed E-state index contributed by atoms with van der Waals surface area (Å²) in [6, 6.07) is 14.4. The summed E-state index contributed by atoms with van der Waals surface area (Å²) in [5.41, 5.74) is 9.14. The molecule has 0 unspecified atom stereocenters. The summed E-state index contributed by atoms with van der Waals surface area (Å²) in [6.45, 7) is 0. The molecule has 0 aliphatic carbocycles. The lowest BCUT2D eigenvalue weighted by Crippen LogP contribution is -2.52. The van der Waals surface area contributed by atoms with Gasteiger partial charge in [0.05, 0.1) is 17.6 Å². The van der Waals surface area contributed by atoms with Crippen LogP contribution in [0.5, 0.6) is 0 Å². The Morgan fingerprint density at radius 2 is 1.90 bits per heavy atom. The van der Waals surface area contributed by atoms with E-state index in [4.69, 9.17) is 0 Å². The van der Waals surface area contributed by atoms with E-state index in [0.29, 0.717) is 17.8 Å². The number of carbonyl (C=O) groups excluding carboxylic acids is 2. The Kier molecular flexibility index (Phi) is 6.25. The monoisotopic (exact) mass is 394 g/mol. The standard InChI is InChI=1S/C19H18N6O4/c26-18(23-20-12-14-6-8-15(9-7-14)25(28)29)11-16-19(27)24-22-17(21-16)10-13-4-2-1-3-5-13/h1-9,12,16H,10-11H2,(H,21,22)(H,23,26)(H,24,27)/b20-12-/t16-/m1/s1. The second-order valence-corrected chi connectivity index (χ2v) is 6.21. The fourth-order valence-electron chi connectivity index (χ4n) is 2.60. The Morgan fingerprint density at radius 1 is 1.17 bits per heavy atom. The van der Waals surface area contributed by atoms with Crippen LogP contribution in [0.25, 0.3) is 0 Å². The normalized spacial score (nSPS) is 15.9. The number of nitrogens with one attached hydrogen (secondary N) is 3. The third kappa shape index (κ3) is 5.70. The van der Waals surface area contributed by atoms with Crippen LogP contribution in [-0.2, 0) is 16.0 Å². The maximum Gasteiger partial charge on any atom is 0.269 e. The SMILES string of the molecule is O=C(C[C@H]1N=C(Cc2ccccc2)NNC1=O)N/N=C\c1ccc([N+](=O)[O-])cc1. The zero-order valence-electron chi connectivity index (χ0n) is 15.2. The highest BCUT2D eigenvalue weighted by atomic mass is 16.6. The van der Waals surface area contributed by atoms with Crippen LogP contribution in [0, 0.1) is 10.1 Å². The number of benzene rings is 2. The number of amides is 2. The summed E-state index contributed by atoms with van der Waals surface area (Å²) in [7, 11) is 0. The summed E-state index contributed by atoms with van der Waals surface area (Å²) in [4.78, 5) is 38.5. The van der Waals surface area contributed by atoms with Gasteiger partial charge >= 0.3 is 0 Å². The molecule has 1 heterocycles. The highest BCUT2D eigenvalue weighted by Crippen LogP contribution is 2.10. The third-order valence-corrected chi connectivity index (χ3v) is 4.04. The quantitative estimate of drug-likeness (QED) is 0.366. The molecule has 0 saturated carbocycles. The Hall–Kier alpha value is -4.08. The number of hydrogen-bond acceptors (Lipinski definition) is 7. The number of hydrazine groups is 1. The predicted octanol–water partition coefficient (Wildman–Crippen LogP) is 1.08. The molecule has 2 aromatic carbocycles. The molecule has 3 N–H and O–H groups in total. The van der Waals surface area contributed by atoms with Crippen LogP contribution in [0.15, 0.2) is 64.7 Å². The minimum atomic E-state index is -0.857. The molecule has 10 heteroatoms. The van der Waals surface area contributed by atoms with Gasteiger partial charge in [-0.1, -0.05) is 30.3 Å². The highest BCUT2D eigenvalue weighted by molar-refractivity contribution is 5.96. The number of rotatable bonds is 7. The van der Waals surface area contributed by atoms with Crippen LogP contribution < -0.4 is 16.3 Å². The van der Waals surface area contributed by atoms with Gasteiger partial charge < -0.3 is 0 Å². The van der Waals surface area contributed by atoms with Crippen molar-refractivity contribution in [3.8, 4) is 0 Å². The maximum absolute atomic E-state index is 12.1. The Bertz CT molecular complexity index is 956. The van der Waals surface area contributed by atoms with Crippen molar-refractivity contribution in [2.75, 3.05) is 0 Å². The number of nitro benzene ring substituents is 1. The van der Waals surface area contributed by atoms with Gasteiger partial charge in [0.25, 0.3) is 11.6 Å². The number of aliphatic imine (C=N–C) groups is 1. The minimum Gasteiger partial charge on any atom is -0.285 e. The van der Waals surface area contributed by atoms with Crippen LogP contribution in [0.1, 0.15) is 17.5 Å². The number of carbonyl (C=O) groups is 2. The Balaban J connectivity index is 1.55. The number of hydrazone groups is 1. The molecule has 0 aromatic heterocycles. The van der Waals surface area contributed by atoms with Crippen molar-refractivity contribution in [3.63, 3.8) is 0 Å². The van der Waals surface area contributed by atoms with Gasteiger partial charge in [0, 0.05) is 18.6 Å². The molecular weight excluding hydrogens is 376 g/mol. The van der Waals surface area contributed by atoms with E-state index in [1.54, 1.807) is 0 Å². The third-order valence-electron chi connectivity index (χ3n) is 4.04. The smallest absolute Gasteiger partial charge is 0.269 e. The van der Waals surface area contributed by atoms with E-state index < -0.39 is 22.8 Å². The molecule has 2 amide bonds. The highest BCUT2D eigenvalue weighted by Gasteiger charge is 2.25. The summed E-state index contributed by atoms with van der Waals surface area (Å²) in [5.74, 6) is -0.327. The van der Waals surface area contributed by atoms with Crippen LogP contribution >= 0.6 is 0 Å². The predicted molar refractivity (Wildman–Crippen MR) is 106 cm³/mol. The van der Waals surface area contributed by atoms with Crippen molar-refractivity contribution in [1.82, 2.24) is 16.3 Å². The molecule has 0 saturated heterocycles. The van der Waals surface area contributed by atoms with Gasteiger partial charge in [-0.05, 0) is 23.3 Å². The van der Waals surface area contributed by atoms with Gasteiger partial charge in [-0.25, -0.2) is 5.43 Å². The fourth-order valence-corrected chi connectivity index (χ4v) is 2.60. The molecule has 0 bridgehead atoms. The lowest BCUT2D eigenvalue weighted by Gasteiger charge is -2.21. The summed E-state index contributed by atoms with van der Waals surface area (Å²) in [6.07, 6.45) is 1.69. The Morgan fingerprint density at radius 3 is 2.59 bits per heavy atom. The largest absolute Gasteiger partial charge is 0.285 e. The van der Waals surface area contributed by atoms with Gasteiger partial charge in [-0.15, -0.1) is 0 Å². The van der Waals surface area contributed by atoms with E-state index in [9.17, 15) is 19.7 Å². The molecular formula is C19H18N6O4. The van der Waals surface area contributed by atoms with E-state index in [1.165, 1.54) is 30.5 Å². The fraction of sp³-hybridized carbons (Fsp3) is 0.158. The molecule has 10 nitrogen and oxygen atoms in total. The molecule has 29 heavy (non-hydrogen) atoms. The molecule has 0 fully saturated rings. The molecule has 1 aliphatic heterocycles. The van der Waals surface area contributed by atoms with Gasteiger partial charge in [-0.2, -0.15) is 5.10 Å². The van der Waals surface area contributed by atoms with Crippen molar-refractivity contribution in [2.45, 2.75) is 18.9 Å². The first-order valence-electron chi connectivity index (χ1n) is 8.74. The van der Waals surface area contributed by atoms with E-state index in [0.717, 1.165) is 5.56 Å². The van der Waals surface area contributed by atoms with E-state index in [1.807, 2.05) is 30.3 Å². The van der Waals surface area contributed by atoms with Crippen molar-refractivity contribution in [1.29, 1.82) is 0 Å². The maximum atomic E-state index is 12.1. The molecule has 1 atom stereocenters. The van der Waals surface area contributed by atoms with E-state index >= 15 is 0 Å². The molecule has 148 valence electrons. The summed E-state index contributed by atoms with van der Waals surface area (Å²) in [5, 5.41) is 14.4. The number of nitro groups is 1. The van der Waals surface area contributed by atoms with E-state index in [-0.39, 0.29) is 12.1 Å². The molecule has 2 aromatic rings. The number of non-ortho nitro benzene ring substituents is 1. The Labute approximate surface area is 165 Å². The van der Waals surface area contributed by atoms with Crippen LogP contribution in [0.2, 0.25) is 0 Å². The van der Waals surface area contributed by atoms with Gasteiger partial charge in [0.2, 0.25) is 5.91 Å². The first-order chi connectivity index (χ1) is 14.0. The van der Waals surface area contributed by atoms with Crippen molar-refractivity contribution in [2.24, 2.45) is 10.1 Å². The summed E-state index contributed by atoms with van der Waals surface area (Å²) >= 11 is 0. The van der Waals surface area contributed by atoms with Crippen molar-refractivity contribution >= 4 is 29.6 Å². The molecule has 0 spiro atoms.